The van der Waals surface area contributed by atoms with Crippen LogP contribution in [0.15, 0.2) is 48.5 Å². The van der Waals surface area contributed by atoms with Gasteiger partial charge in [0.1, 0.15) is 6.04 Å². The van der Waals surface area contributed by atoms with E-state index in [2.05, 4.69) is 5.32 Å². The van der Waals surface area contributed by atoms with Crippen molar-refractivity contribution in [2.45, 2.75) is 25.3 Å². The Balaban J connectivity index is 1.66. The maximum Gasteiger partial charge on any atom is 0.247 e. The summed E-state index contributed by atoms with van der Waals surface area (Å²) in [6.45, 7) is 0.532. The molecule has 26 heavy (non-hydrogen) atoms. The molecular weight excluding hydrogens is 335 g/mol. The van der Waals surface area contributed by atoms with Crippen molar-refractivity contribution in [3.8, 4) is 5.75 Å². The van der Waals surface area contributed by atoms with Gasteiger partial charge in [0, 0.05) is 12.2 Å². The van der Waals surface area contributed by atoms with Gasteiger partial charge in [-0.25, -0.2) is 4.39 Å². The number of halogens is 1. The summed E-state index contributed by atoms with van der Waals surface area (Å²) in [6.07, 6.45) is 1.45. The Hall–Kier alpha value is -2.89. The average molecular weight is 356 g/mol. The number of benzene rings is 2. The van der Waals surface area contributed by atoms with Crippen LogP contribution in [-0.4, -0.2) is 36.4 Å². The summed E-state index contributed by atoms with van der Waals surface area (Å²) in [6, 6.07) is 13.1. The molecule has 136 valence electrons. The van der Waals surface area contributed by atoms with E-state index >= 15 is 0 Å². The van der Waals surface area contributed by atoms with Gasteiger partial charge >= 0.3 is 0 Å². The van der Waals surface area contributed by atoms with Crippen LogP contribution in [-0.2, 0) is 16.0 Å². The highest BCUT2D eigenvalue weighted by Crippen LogP contribution is 2.22. The van der Waals surface area contributed by atoms with Crippen LogP contribution in [0.2, 0.25) is 0 Å². The lowest BCUT2D eigenvalue weighted by atomic mass is 10.1. The Morgan fingerprint density at radius 2 is 2.00 bits per heavy atom. The Kier molecular flexibility index (Phi) is 5.51. The highest BCUT2D eigenvalue weighted by molar-refractivity contribution is 5.97. The Labute approximate surface area is 151 Å². The summed E-state index contributed by atoms with van der Waals surface area (Å²) in [4.78, 5) is 26.8. The zero-order valence-corrected chi connectivity index (χ0v) is 14.6. The summed E-state index contributed by atoms with van der Waals surface area (Å²) < 4.78 is 18.7. The first-order valence-corrected chi connectivity index (χ1v) is 8.56. The molecule has 0 aromatic heterocycles. The zero-order valence-electron chi connectivity index (χ0n) is 14.6. The molecule has 1 saturated heterocycles. The van der Waals surface area contributed by atoms with Gasteiger partial charge in [0.25, 0.3) is 0 Å². The number of carbonyl (C=O) groups excluding carboxylic acids is 2. The summed E-state index contributed by atoms with van der Waals surface area (Å²) in [7, 11) is 1.39. The number of methoxy groups -OCH3 is 1. The molecular formula is C20H21FN2O3. The third-order valence-electron chi connectivity index (χ3n) is 4.49. The van der Waals surface area contributed by atoms with Crippen LogP contribution in [0.25, 0.3) is 0 Å². The molecule has 5 nitrogen and oxygen atoms in total. The van der Waals surface area contributed by atoms with Crippen molar-refractivity contribution >= 4 is 17.5 Å². The van der Waals surface area contributed by atoms with E-state index in [0.717, 1.165) is 6.42 Å². The summed E-state index contributed by atoms with van der Waals surface area (Å²) in [5, 5.41) is 2.85. The zero-order chi connectivity index (χ0) is 18.5. The molecule has 0 saturated carbocycles. The van der Waals surface area contributed by atoms with Crippen LogP contribution in [0.5, 0.6) is 5.75 Å². The van der Waals surface area contributed by atoms with Gasteiger partial charge in [0.05, 0.1) is 13.5 Å². The molecule has 0 unspecified atom stereocenters. The lowest BCUT2D eigenvalue weighted by molar-refractivity contribution is -0.136. The minimum atomic E-state index is -0.502. The maximum atomic E-state index is 13.8. The third-order valence-corrected chi connectivity index (χ3v) is 4.49. The number of amides is 2. The van der Waals surface area contributed by atoms with Crippen molar-refractivity contribution in [3.05, 3.63) is 59.9 Å². The van der Waals surface area contributed by atoms with Gasteiger partial charge in [0.2, 0.25) is 11.8 Å². The molecule has 1 fully saturated rings. The summed E-state index contributed by atoms with van der Waals surface area (Å²) in [5.41, 5.74) is 1.26. The Bertz CT molecular complexity index is 795. The second-order valence-electron chi connectivity index (χ2n) is 6.25. The van der Waals surface area contributed by atoms with E-state index in [1.54, 1.807) is 23.1 Å². The molecule has 0 bridgehead atoms. The van der Waals surface area contributed by atoms with Crippen molar-refractivity contribution < 1.29 is 18.7 Å². The standard InChI is InChI=1S/C20H21FN2O3/c1-26-18-10-9-14(12-16(18)21)13-19(24)23-11-5-8-17(23)20(25)22-15-6-3-2-4-7-15/h2-4,6-7,9-10,12,17H,5,8,11,13H2,1H3,(H,22,25)/t17-/m0/s1. The quantitative estimate of drug-likeness (QED) is 0.896. The van der Waals surface area contributed by atoms with Crippen LogP contribution in [0, 0.1) is 5.82 Å². The van der Waals surface area contributed by atoms with Crippen molar-refractivity contribution in [2.75, 3.05) is 19.0 Å². The molecule has 2 aromatic carbocycles. The second kappa shape index (κ2) is 7.99. The molecule has 1 aliphatic heterocycles. The van der Waals surface area contributed by atoms with Gasteiger partial charge in [-0.1, -0.05) is 24.3 Å². The summed E-state index contributed by atoms with van der Waals surface area (Å²) >= 11 is 0. The van der Waals surface area contributed by atoms with Gasteiger partial charge in [0.15, 0.2) is 11.6 Å². The maximum absolute atomic E-state index is 13.8. The monoisotopic (exact) mass is 356 g/mol. The van der Waals surface area contributed by atoms with Crippen molar-refractivity contribution in [2.24, 2.45) is 0 Å². The predicted molar refractivity (Wildman–Crippen MR) is 96.5 cm³/mol. The molecule has 0 aliphatic carbocycles. The van der Waals surface area contributed by atoms with Gasteiger partial charge in [-0.15, -0.1) is 0 Å². The van der Waals surface area contributed by atoms with Crippen molar-refractivity contribution in [3.63, 3.8) is 0 Å². The number of hydrogen-bond donors (Lipinski definition) is 1. The third kappa shape index (κ3) is 4.02. The molecule has 6 heteroatoms. The number of hydrogen-bond acceptors (Lipinski definition) is 3. The molecule has 2 aromatic rings. The van der Waals surface area contributed by atoms with Crippen LogP contribution < -0.4 is 10.1 Å². The molecule has 0 spiro atoms. The number of likely N-dealkylation sites (tertiary alicyclic amines) is 1. The van der Waals surface area contributed by atoms with Gasteiger partial charge in [-0.3, -0.25) is 9.59 Å². The number of nitrogens with one attached hydrogen (secondary N) is 1. The average Bonchev–Trinajstić information content (AvgIpc) is 3.13. The Morgan fingerprint density at radius 3 is 2.69 bits per heavy atom. The first kappa shape index (κ1) is 17.9. The van der Waals surface area contributed by atoms with Gasteiger partial charge < -0.3 is 15.0 Å². The predicted octanol–water partition coefficient (Wildman–Crippen LogP) is 3.01. The number of anilines is 1. The normalized spacial score (nSPS) is 16.4. The molecule has 1 N–H and O–H groups in total. The number of ether oxygens (including phenoxy) is 1. The molecule has 2 amide bonds. The number of rotatable bonds is 5. The second-order valence-corrected chi connectivity index (χ2v) is 6.25. The van der Waals surface area contributed by atoms with E-state index in [-0.39, 0.29) is 24.0 Å². The highest BCUT2D eigenvalue weighted by atomic mass is 19.1. The van der Waals surface area contributed by atoms with Crippen LogP contribution in [0.1, 0.15) is 18.4 Å². The number of nitrogens with zero attached hydrogens (tertiary/aromatic N) is 1. The fourth-order valence-corrected chi connectivity index (χ4v) is 3.18. The largest absolute Gasteiger partial charge is 0.494 e. The van der Waals surface area contributed by atoms with E-state index in [0.29, 0.717) is 24.2 Å². The molecule has 1 aliphatic rings. The first-order valence-electron chi connectivity index (χ1n) is 8.56. The lowest BCUT2D eigenvalue weighted by Crippen LogP contribution is -2.43. The van der Waals surface area contributed by atoms with E-state index < -0.39 is 11.9 Å². The first-order chi connectivity index (χ1) is 12.6. The van der Waals surface area contributed by atoms with Gasteiger partial charge in [-0.2, -0.15) is 0 Å². The molecule has 1 heterocycles. The van der Waals surface area contributed by atoms with Crippen molar-refractivity contribution in [1.82, 2.24) is 4.90 Å². The van der Waals surface area contributed by atoms with E-state index in [1.165, 1.54) is 19.2 Å². The van der Waals surface area contributed by atoms with E-state index in [1.807, 2.05) is 18.2 Å². The molecule has 0 radical (unpaired) electrons. The molecule has 3 rings (SSSR count). The van der Waals surface area contributed by atoms with Crippen LogP contribution in [0.4, 0.5) is 10.1 Å². The van der Waals surface area contributed by atoms with E-state index in [4.69, 9.17) is 4.74 Å². The van der Waals surface area contributed by atoms with Gasteiger partial charge in [-0.05, 0) is 42.7 Å². The molecule has 1 atom stereocenters. The fourth-order valence-electron chi connectivity index (χ4n) is 3.18. The van der Waals surface area contributed by atoms with Crippen molar-refractivity contribution in [1.29, 1.82) is 0 Å². The fraction of sp³-hybridized carbons (Fsp3) is 0.300. The number of carbonyl (C=O) groups is 2. The topological polar surface area (TPSA) is 58.6 Å². The number of para-hydroxylation sites is 1. The smallest absolute Gasteiger partial charge is 0.247 e. The summed E-state index contributed by atoms with van der Waals surface area (Å²) in [5.74, 6) is -0.733. The SMILES string of the molecule is COc1ccc(CC(=O)N2CCC[C@H]2C(=O)Nc2ccccc2)cc1F. The minimum Gasteiger partial charge on any atom is -0.494 e. The lowest BCUT2D eigenvalue weighted by Gasteiger charge is -2.24. The highest BCUT2D eigenvalue weighted by Gasteiger charge is 2.34. The minimum absolute atomic E-state index is 0.0516. The van der Waals surface area contributed by atoms with Crippen LogP contribution >= 0.6 is 0 Å². The van der Waals surface area contributed by atoms with E-state index in [9.17, 15) is 14.0 Å². The van der Waals surface area contributed by atoms with Crippen LogP contribution in [0.3, 0.4) is 0 Å². The Morgan fingerprint density at radius 1 is 1.23 bits per heavy atom.